The highest BCUT2D eigenvalue weighted by Crippen LogP contribution is 2.41. The van der Waals surface area contributed by atoms with Crippen LogP contribution in [0.15, 0.2) is 78.3 Å². The second kappa shape index (κ2) is 9.30. The summed E-state index contributed by atoms with van der Waals surface area (Å²) in [6.45, 7) is 4.54. The highest BCUT2D eigenvalue weighted by atomic mass is 16.7. The zero-order valence-corrected chi connectivity index (χ0v) is 20.3. The van der Waals surface area contributed by atoms with Crippen molar-refractivity contribution in [3.63, 3.8) is 0 Å². The fourth-order valence-electron chi connectivity index (χ4n) is 4.46. The molecule has 2 aromatic carbocycles. The molecule has 1 unspecified atom stereocenters. The molecule has 1 atom stereocenters. The van der Waals surface area contributed by atoms with Crippen LogP contribution in [-0.4, -0.2) is 39.1 Å². The monoisotopic (exact) mass is 496 g/mol. The molecule has 4 heterocycles. The standard InChI is InChI=1S/C27H24N6O4/c1-3-35-20-9-6-17(7-10-20)25-31-27-29-16(2)23(26(34)30-19-5-4-12-28-14-19)24(33(27)32-25)18-8-11-21-22(13-18)37-15-36-21/h4-14,24H,3,15H2,1-2H3,(H,30,34)(H,29,31,32). The molecule has 0 bridgehead atoms. The first-order valence-corrected chi connectivity index (χ1v) is 11.9. The second-order valence-corrected chi connectivity index (χ2v) is 8.54. The van der Waals surface area contributed by atoms with E-state index in [-0.39, 0.29) is 12.7 Å². The van der Waals surface area contributed by atoms with E-state index in [0.29, 0.717) is 46.8 Å². The molecule has 2 aliphatic rings. The van der Waals surface area contributed by atoms with E-state index in [1.165, 1.54) is 0 Å². The lowest BCUT2D eigenvalue weighted by Gasteiger charge is -2.28. The summed E-state index contributed by atoms with van der Waals surface area (Å²) >= 11 is 0. The van der Waals surface area contributed by atoms with Crippen molar-refractivity contribution in [2.75, 3.05) is 24.0 Å². The maximum absolute atomic E-state index is 13.6. The van der Waals surface area contributed by atoms with Crippen LogP contribution in [0.3, 0.4) is 0 Å². The van der Waals surface area contributed by atoms with E-state index in [4.69, 9.17) is 24.3 Å². The van der Waals surface area contributed by atoms with Crippen LogP contribution in [0.4, 0.5) is 11.6 Å². The second-order valence-electron chi connectivity index (χ2n) is 8.54. The van der Waals surface area contributed by atoms with Crippen LogP contribution in [0.5, 0.6) is 17.2 Å². The largest absolute Gasteiger partial charge is 0.494 e. The van der Waals surface area contributed by atoms with Crippen molar-refractivity contribution in [1.29, 1.82) is 0 Å². The van der Waals surface area contributed by atoms with Crippen LogP contribution in [0.2, 0.25) is 0 Å². The molecule has 4 aromatic rings. The Balaban J connectivity index is 1.42. The molecule has 6 rings (SSSR count). The molecule has 37 heavy (non-hydrogen) atoms. The van der Waals surface area contributed by atoms with Gasteiger partial charge in [-0.1, -0.05) is 6.07 Å². The SMILES string of the molecule is CCOc1ccc(-c2nc3n(n2)C(c2ccc4c(c2)OCO4)C(C(=O)Nc2cccnc2)=C(C)N3)cc1. The summed E-state index contributed by atoms with van der Waals surface area (Å²) in [6.07, 6.45) is 3.26. The number of ether oxygens (including phenoxy) is 3. The van der Waals surface area contributed by atoms with E-state index in [1.54, 1.807) is 29.2 Å². The number of carbonyl (C=O) groups excluding carboxylic acids is 1. The van der Waals surface area contributed by atoms with Gasteiger partial charge in [-0.25, -0.2) is 4.68 Å². The average Bonchev–Trinajstić information content (AvgIpc) is 3.55. The number of carbonyl (C=O) groups is 1. The first-order valence-electron chi connectivity index (χ1n) is 11.9. The molecule has 0 radical (unpaired) electrons. The summed E-state index contributed by atoms with van der Waals surface area (Å²) in [5, 5.41) is 11.0. The predicted molar refractivity (Wildman–Crippen MR) is 137 cm³/mol. The lowest BCUT2D eigenvalue weighted by Crippen LogP contribution is -2.31. The van der Waals surface area contributed by atoms with Crippen LogP contribution >= 0.6 is 0 Å². The molecule has 10 heteroatoms. The number of pyridine rings is 1. The Kier molecular flexibility index (Phi) is 5.68. The quantitative estimate of drug-likeness (QED) is 0.404. The number of allylic oxidation sites excluding steroid dienone is 1. The fraction of sp³-hybridized carbons (Fsp3) is 0.185. The van der Waals surface area contributed by atoms with Gasteiger partial charge in [0.25, 0.3) is 5.91 Å². The van der Waals surface area contributed by atoms with E-state index in [2.05, 4.69) is 15.6 Å². The van der Waals surface area contributed by atoms with Gasteiger partial charge in [0.15, 0.2) is 17.3 Å². The zero-order valence-electron chi connectivity index (χ0n) is 20.3. The number of amides is 1. The number of rotatable bonds is 6. The summed E-state index contributed by atoms with van der Waals surface area (Å²) in [6, 6.07) is 16.2. The van der Waals surface area contributed by atoms with Gasteiger partial charge in [-0.05, 0) is 67.9 Å². The Morgan fingerprint density at radius 3 is 2.78 bits per heavy atom. The zero-order chi connectivity index (χ0) is 25.4. The van der Waals surface area contributed by atoms with Crippen LogP contribution in [0, 0.1) is 0 Å². The summed E-state index contributed by atoms with van der Waals surface area (Å²) < 4.78 is 18.4. The van der Waals surface area contributed by atoms with Gasteiger partial charge in [0.1, 0.15) is 11.8 Å². The van der Waals surface area contributed by atoms with Crippen molar-refractivity contribution in [3.8, 4) is 28.6 Å². The first-order chi connectivity index (χ1) is 18.1. The molecule has 2 N–H and O–H groups in total. The third kappa shape index (κ3) is 4.22. The normalized spacial score (nSPS) is 15.7. The fourth-order valence-corrected chi connectivity index (χ4v) is 4.46. The van der Waals surface area contributed by atoms with Gasteiger partial charge in [0.05, 0.1) is 24.1 Å². The number of hydrogen-bond donors (Lipinski definition) is 2. The molecule has 0 spiro atoms. The van der Waals surface area contributed by atoms with Gasteiger partial charge >= 0.3 is 0 Å². The van der Waals surface area contributed by atoms with E-state index in [0.717, 1.165) is 16.9 Å². The van der Waals surface area contributed by atoms with Gasteiger partial charge in [-0.15, -0.1) is 5.10 Å². The van der Waals surface area contributed by atoms with Gasteiger partial charge in [-0.3, -0.25) is 9.78 Å². The van der Waals surface area contributed by atoms with Crippen molar-refractivity contribution in [2.45, 2.75) is 19.9 Å². The highest BCUT2D eigenvalue weighted by molar-refractivity contribution is 6.06. The predicted octanol–water partition coefficient (Wildman–Crippen LogP) is 4.40. The van der Waals surface area contributed by atoms with Crippen LogP contribution in [0.25, 0.3) is 11.4 Å². The molecule has 10 nitrogen and oxygen atoms in total. The molecule has 0 fully saturated rings. The molecule has 0 aliphatic carbocycles. The van der Waals surface area contributed by atoms with E-state index >= 15 is 0 Å². The number of nitrogens with one attached hydrogen (secondary N) is 2. The Hall–Kier alpha value is -4.86. The van der Waals surface area contributed by atoms with Crippen molar-refractivity contribution < 1.29 is 19.0 Å². The molecular formula is C27H24N6O4. The average molecular weight is 497 g/mol. The summed E-state index contributed by atoms with van der Waals surface area (Å²) in [5.74, 6) is 2.84. The van der Waals surface area contributed by atoms with Crippen molar-refractivity contribution in [1.82, 2.24) is 19.7 Å². The third-order valence-electron chi connectivity index (χ3n) is 6.15. The Morgan fingerprint density at radius 2 is 2.00 bits per heavy atom. The topological polar surface area (TPSA) is 112 Å². The molecule has 1 amide bonds. The molecule has 2 aliphatic heterocycles. The highest BCUT2D eigenvalue weighted by Gasteiger charge is 2.35. The maximum atomic E-state index is 13.6. The van der Waals surface area contributed by atoms with Gasteiger partial charge < -0.3 is 24.8 Å². The Bertz CT molecular complexity index is 1500. The minimum absolute atomic E-state index is 0.157. The number of aromatic nitrogens is 4. The van der Waals surface area contributed by atoms with Crippen molar-refractivity contribution >= 4 is 17.5 Å². The minimum atomic E-state index is -0.564. The summed E-state index contributed by atoms with van der Waals surface area (Å²) in [5.41, 5.74) is 3.40. The number of nitrogens with zero attached hydrogens (tertiary/aromatic N) is 4. The van der Waals surface area contributed by atoms with Gasteiger partial charge in [0.2, 0.25) is 12.7 Å². The van der Waals surface area contributed by atoms with Gasteiger partial charge in [0, 0.05) is 17.5 Å². The molecule has 0 saturated carbocycles. The molecule has 0 saturated heterocycles. The summed E-state index contributed by atoms with van der Waals surface area (Å²) in [7, 11) is 0. The number of benzene rings is 2. The van der Waals surface area contributed by atoms with E-state index in [9.17, 15) is 4.79 Å². The minimum Gasteiger partial charge on any atom is -0.494 e. The number of anilines is 2. The number of hydrogen-bond acceptors (Lipinski definition) is 8. The van der Waals surface area contributed by atoms with Crippen LogP contribution in [-0.2, 0) is 4.79 Å². The first kappa shape index (κ1) is 22.6. The van der Waals surface area contributed by atoms with Crippen molar-refractivity contribution in [2.24, 2.45) is 0 Å². The van der Waals surface area contributed by atoms with Gasteiger partial charge in [-0.2, -0.15) is 4.98 Å². The summed E-state index contributed by atoms with van der Waals surface area (Å²) in [4.78, 5) is 22.4. The molecule has 2 aromatic heterocycles. The third-order valence-corrected chi connectivity index (χ3v) is 6.15. The van der Waals surface area contributed by atoms with Crippen LogP contribution < -0.4 is 24.8 Å². The number of fused-ring (bicyclic) bond motifs is 2. The van der Waals surface area contributed by atoms with Crippen molar-refractivity contribution in [3.05, 3.63) is 83.8 Å². The lowest BCUT2D eigenvalue weighted by atomic mass is 9.94. The Morgan fingerprint density at radius 1 is 1.16 bits per heavy atom. The van der Waals surface area contributed by atoms with E-state index < -0.39 is 6.04 Å². The maximum Gasteiger partial charge on any atom is 0.255 e. The van der Waals surface area contributed by atoms with Crippen LogP contribution in [0.1, 0.15) is 25.5 Å². The Labute approximate surface area is 212 Å². The molecule has 186 valence electrons. The smallest absolute Gasteiger partial charge is 0.255 e. The lowest BCUT2D eigenvalue weighted by molar-refractivity contribution is -0.113. The molecular weight excluding hydrogens is 472 g/mol. The van der Waals surface area contributed by atoms with E-state index in [1.807, 2.05) is 56.3 Å².